The minimum atomic E-state index is -0.831. The zero-order chi connectivity index (χ0) is 16.7. The van der Waals surface area contributed by atoms with Crippen LogP contribution in [0.15, 0.2) is 30.3 Å². The maximum atomic E-state index is 12.2. The van der Waals surface area contributed by atoms with Gasteiger partial charge in [-0.25, -0.2) is 0 Å². The predicted molar refractivity (Wildman–Crippen MR) is 82.5 cm³/mol. The monoisotopic (exact) mass is 306 g/mol. The summed E-state index contributed by atoms with van der Waals surface area (Å²) in [7, 11) is 0. The standard InChI is InChI=1S/C15H22N4O3/c1-9(16)14(21)19-12(8-11-6-4-3-5-7-11)15(22)18-10(2)13(17)20/h3-7,9-10,12H,8,16H2,1-2H3,(H2,17,20)(H,18,22)(H,19,21). The SMILES string of the molecule is CC(N)C(=O)NC(Cc1ccccc1)C(=O)NC(C)C(N)=O. The van der Waals surface area contributed by atoms with Crippen LogP contribution in [0.25, 0.3) is 0 Å². The van der Waals surface area contributed by atoms with Crippen molar-refractivity contribution in [3.63, 3.8) is 0 Å². The largest absolute Gasteiger partial charge is 0.368 e. The van der Waals surface area contributed by atoms with Crippen LogP contribution in [-0.2, 0) is 20.8 Å². The lowest BCUT2D eigenvalue weighted by Gasteiger charge is -2.21. The van der Waals surface area contributed by atoms with E-state index in [1.807, 2.05) is 30.3 Å². The number of nitrogens with one attached hydrogen (secondary N) is 2. The average Bonchev–Trinajstić information content (AvgIpc) is 2.47. The Morgan fingerprint density at radius 3 is 2.14 bits per heavy atom. The minimum Gasteiger partial charge on any atom is -0.368 e. The smallest absolute Gasteiger partial charge is 0.243 e. The number of benzene rings is 1. The molecular weight excluding hydrogens is 284 g/mol. The van der Waals surface area contributed by atoms with Gasteiger partial charge in [-0.15, -0.1) is 0 Å². The van der Waals surface area contributed by atoms with Crippen molar-refractivity contribution in [1.82, 2.24) is 10.6 Å². The highest BCUT2D eigenvalue weighted by atomic mass is 16.2. The van der Waals surface area contributed by atoms with Crippen molar-refractivity contribution in [3.8, 4) is 0 Å². The van der Waals surface area contributed by atoms with E-state index in [1.165, 1.54) is 13.8 Å². The maximum absolute atomic E-state index is 12.2. The lowest BCUT2D eigenvalue weighted by molar-refractivity contribution is -0.131. The van der Waals surface area contributed by atoms with E-state index in [0.717, 1.165) is 5.56 Å². The van der Waals surface area contributed by atoms with Gasteiger partial charge in [0.1, 0.15) is 12.1 Å². The lowest BCUT2D eigenvalue weighted by atomic mass is 10.0. The average molecular weight is 306 g/mol. The van der Waals surface area contributed by atoms with Gasteiger partial charge < -0.3 is 22.1 Å². The van der Waals surface area contributed by atoms with E-state index in [-0.39, 0.29) is 6.42 Å². The molecule has 0 aliphatic heterocycles. The molecule has 0 aliphatic carbocycles. The molecule has 7 heteroatoms. The Morgan fingerprint density at radius 1 is 1.05 bits per heavy atom. The summed E-state index contributed by atoms with van der Waals surface area (Å²) >= 11 is 0. The number of carbonyl (C=O) groups is 3. The molecule has 0 aromatic heterocycles. The number of hydrogen-bond donors (Lipinski definition) is 4. The molecule has 0 saturated heterocycles. The molecule has 3 atom stereocenters. The molecule has 7 nitrogen and oxygen atoms in total. The van der Waals surface area contributed by atoms with E-state index in [0.29, 0.717) is 0 Å². The topological polar surface area (TPSA) is 127 Å². The molecule has 6 N–H and O–H groups in total. The fourth-order valence-electron chi connectivity index (χ4n) is 1.75. The summed E-state index contributed by atoms with van der Waals surface area (Å²) in [6.45, 7) is 3.01. The quantitative estimate of drug-likeness (QED) is 0.518. The van der Waals surface area contributed by atoms with Crippen LogP contribution in [0.3, 0.4) is 0 Å². The zero-order valence-electron chi connectivity index (χ0n) is 12.7. The molecule has 1 aromatic carbocycles. The Kier molecular flexibility index (Phi) is 6.52. The molecule has 0 fully saturated rings. The number of rotatable bonds is 7. The van der Waals surface area contributed by atoms with Gasteiger partial charge in [0.2, 0.25) is 17.7 Å². The van der Waals surface area contributed by atoms with Crippen molar-refractivity contribution >= 4 is 17.7 Å². The summed E-state index contributed by atoms with van der Waals surface area (Å²) in [4.78, 5) is 35.1. The molecule has 120 valence electrons. The van der Waals surface area contributed by atoms with Gasteiger partial charge in [-0.3, -0.25) is 14.4 Å². The highest BCUT2D eigenvalue weighted by molar-refractivity contribution is 5.92. The molecule has 3 amide bonds. The first kappa shape index (κ1) is 17.6. The first-order chi connectivity index (χ1) is 10.3. The van der Waals surface area contributed by atoms with Crippen molar-refractivity contribution < 1.29 is 14.4 Å². The van der Waals surface area contributed by atoms with Crippen LogP contribution in [0, 0.1) is 0 Å². The van der Waals surface area contributed by atoms with Gasteiger partial charge in [-0.2, -0.15) is 0 Å². The van der Waals surface area contributed by atoms with Gasteiger partial charge in [-0.05, 0) is 19.4 Å². The molecule has 0 aliphatic rings. The van der Waals surface area contributed by atoms with Crippen molar-refractivity contribution in [2.24, 2.45) is 11.5 Å². The van der Waals surface area contributed by atoms with Crippen LogP contribution < -0.4 is 22.1 Å². The van der Waals surface area contributed by atoms with Crippen molar-refractivity contribution in [3.05, 3.63) is 35.9 Å². The van der Waals surface area contributed by atoms with E-state index in [2.05, 4.69) is 10.6 Å². The van der Waals surface area contributed by atoms with Gasteiger partial charge in [0, 0.05) is 6.42 Å². The molecule has 3 unspecified atom stereocenters. The summed E-state index contributed by atoms with van der Waals surface area (Å²) in [6, 6.07) is 6.83. The van der Waals surface area contributed by atoms with E-state index in [1.54, 1.807) is 0 Å². The second-order valence-corrected chi connectivity index (χ2v) is 5.17. The lowest BCUT2D eigenvalue weighted by Crippen LogP contribution is -2.55. The minimum absolute atomic E-state index is 0.288. The van der Waals surface area contributed by atoms with Crippen LogP contribution in [0.2, 0.25) is 0 Å². The molecule has 22 heavy (non-hydrogen) atoms. The third-order valence-corrected chi connectivity index (χ3v) is 3.11. The van der Waals surface area contributed by atoms with Gasteiger partial charge in [-0.1, -0.05) is 30.3 Å². The Morgan fingerprint density at radius 2 is 1.64 bits per heavy atom. The second-order valence-electron chi connectivity index (χ2n) is 5.17. The van der Waals surface area contributed by atoms with Crippen LogP contribution in [0.4, 0.5) is 0 Å². The number of primary amides is 1. The first-order valence-corrected chi connectivity index (χ1v) is 7.00. The summed E-state index contributed by atoms with van der Waals surface area (Å²) in [5.74, 6) is -1.57. The van der Waals surface area contributed by atoms with E-state index < -0.39 is 35.8 Å². The number of hydrogen-bond acceptors (Lipinski definition) is 4. The fourth-order valence-corrected chi connectivity index (χ4v) is 1.75. The number of carbonyl (C=O) groups excluding carboxylic acids is 3. The highest BCUT2D eigenvalue weighted by Gasteiger charge is 2.24. The van der Waals surface area contributed by atoms with Crippen LogP contribution in [0.5, 0.6) is 0 Å². The molecule has 0 radical (unpaired) electrons. The fraction of sp³-hybridized carbons (Fsp3) is 0.400. The predicted octanol–water partition coefficient (Wildman–Crippen LogP) is -0.949. The van der Waals surface area contributed by atoms with Crippen LogP contribution in [-0.4, -0.2) is 35.8 Å². The second kappa shape index (κ2) is 8.14. The Balaban J connectivity index is 2.83. The van der Waals surface area contributed by atoms with Crippen molar-refractivity contribution in [1.29, 1.82) is 0 Å². The summed E-state index contributed by atoms with van der Waals surface area (Å²) in [5.41, 5.74) is 11.5. The highest BCUT2D eigenvalue weighted by Crippen LogP contribution is 2.04. The maximum Gasteiger partial charge on any atom is 0.243 e. The van der Waals surface area contributed by atoms with Crippen molar-refractivity contribution in [2.75, 3.05) is 0 Å². The van der Waals surface area contributed by atoms with E-state index >= 15 is 0 Å². The summed E-state index contributed by atoms with van der Waals surface area (Å²) in [6.07, 6.45) is 0.288. The first-order valence-electron chi connectivity index (χ1n) is 7.00. The molecule has 0 heterocycles. The molecule has 1 rings (SSSR count). The van der Waals surface area contributed by atoms with E-state index in [4.69, 9.17) is 11.5 Å². The molecule has 0 bridgehead atoms. The third kappa shape index (κ3) is 5.53. The van der Waals surface area contributed by atoms with Gasteiger partial charge in [0.15, 0.2) is 0 Å². The molecule has 0 saturated carbocycles. The number of nitrogens with two attached hydrogens (primary N) is 2. The zero-order valence-corrected chi connectivity index (χ0v) is 12.7. The number of amides is 3. The normalized spacial score (nSPS) is 14.5. The summed E-state index contributed by atoms with van der Waals surface area (Å²) in [5, 5.41) is 5.06. The third-order valence-electron chi connectivity index (χ3n) is 3.11. The molecule has 1 aromatic rings. The Bertz CT molecular complexity index is 531. The van der Waals surface area contributed by atoms with Gasteiger partial charge >= 0.3 is 0 Å². The molecule has 0 spiro atoms. The Labute approximate surface area is 129 Å². The van der Waals surface area contributed by atoms with Crippen LogP contribution in [0.1, 0.15) is 19.4 Å². The Hall–Kier alpha value is -2.41. The summed E-state index contributed by atoms with van der Waals surface area (Å²) < 4.78 is 0. The van der Waals surface area contributed by atoms with Gasteiger partial charge in [0.25, 0.3) is 0 Å². The van der Waals surface area contributed by atoms with Gasteiger partial charge in [0.05, 0.1) is 6.04 Å². The molecular formula is C15H22N4O3. The van der Waals surface area contributed by atoms with Crippen LogP contribution >= 0.6 is 0 Å². The van der Waals surface area contributed by atoms with Crippen molar-refractivity contribution in [2.45, 2.75) is 38.4 Å². The van der Waals surface area contributed by atoms with E-state index in [9.17, 15) is 14.4 Å².